The number of carbonyl (C=O) groups is 1. The summed E-state index contributed by atoms with van der Waals surface area (Å²) in [6, 6.07) is 8.92. The van der Waals surface area contributed by atoms with Crippen molar-refractivity contribution >= 4 is 11.6 Å². The fraction of sp³-hybridized carbons (Fsp3) is 0.650. The molecule has 0 bridgehead atoms. The largest absolute Gasteiger partial charge is 0.306 e. The maximum Gasteiger partial charge on any atom is 0.241 e. The molecule has 1 atom stereocenters. The van der Waals surface area contributed by atoms with E-state index in [4.69, 9.17) is 0 Å². The molecule has 0 unspecified atom stereocenters. The molecule has 126 valence electrons. The van der Waals surface area contributed by atoms with E-state index in [0.717, 1.165) is 12.1 Å². The number of benzene rings is 1. The van der Waals surface area contributed by atoms with Gasteiger partial charge in [-0.15, -0.1) is 0 Å². The van der Waals surface area contributed by atoms with Gasteiger partial charge in [-0.3, -0.25) is 4.79 Å². The second-order valence-corrected chi connectivity index (χ2v) is 7.92. The number of carbonyl (C=O) groups excluding carboxylic acids is 1. The summed E-state index contributed by atoms with van der Waals surface area (Å²) in [7, 11) is 0. The van der Waals surface area contributed by atoms with E-state index in [2.05, 4.69) is 44.3 Å². The van der Waals surface area contributed by atoms with E-state index in [1.165, 1.54) is 37.7 Å². The smallest absolute Gasteiger partial charge is 0.241 e. The van der Waals surface area contributed by atoms with Gasteiger partial charge in [0.2, 0.25) is 5.91 Å². The zero-order chi connectivity index (χ0) is 16.4. The summed E-state index contributed by atoms with van der Waals surface area (Å²) in [4.78, 5) is 15.0. The van der Waals surface area contributed by atoms with Crippen molar-refractivity contribution in [2.75, 3.05) is 11.4 Å². The maximum atomic E-state index is 13.0. The number of anilines is 1. The van der Waals surface area contributed by atoms with Crippen LogP contribution in [-0.4, -0.2) is 24.0 Å². The predicted molar refractivity (Wildman–Crippen MR) is 95.9 cm³/mol. The molecule has 1 heterocycles. The van der Waals surface area contributed by atoms with E-state index in [1.807, 2.05) is 11.0 Å². The molecule has 1 aliphatic heterocycles. The van der Waals surface area contributed by atoms with Crippen molar-refractivity contribution in [3.8, 4) is 0 Å². The summed E-state index contributed by atoms with van der Waals surface area (Å²) < 4.78 is 0. The first-order valence-electron chi connectivity index (χ1n) is 9.14. The van der Waals surface area contributed by atoms with Gasteiger partial charge >= 0.3 is 0 Å². The van der Waals surface area contributed by atoms with Crippen molar-refractivity contribution in [3.05, 3.63) is 29.8 Å². The van der Waals surface area contributed by atoms with Gasteiger partial charge in [-0.25, -0.2) is 0 Å². The molecule has 0 radical (unpaired) electrons. The molecule has 1 aliphatic carbocycles. The lowest BCUT2D eigenvalue weighted by molar-refractivity contribution is -0.119. The van der Waals surface area contributed by atoms with Crippen LogP contribution >= 0.6 is 0 Å². The molecule has 1 saturated carbocycles. The van der Waals surface area contributed by atoms with Crippen molar-refractivity contribution in [1.29, 1.82) is 0 Å². The number of amides is 1. The topological polar surface area (TPSA) is 32.3 Å². The molecule has 3 rings (SSSR count). The molecule has 1 aromatic carbocycles. The van der Waals surface area contributed by atoms with E-state index >= 15 is 0 Å². The highest BCUT2D eigenvalue weighted by Gasteiger charge is 2.39. The molecule has 2 aliphatic rings. The van der Waals surface area contributed by atoms with Crippen molar-refractivity contribution in [3.63, 3.8) is 0 Å². The Balaban J connectivity index is 1.76. The number of fused-ring (bicyclic) bond motifs is 1. The van der Waals surface area contributed by atoms with Crippen molar-refractivity contribution < 1.29 is 4.79 Å². The molecule has 0 aromatic heterocycles. The summed E-state index contributed by atoms with van der Waals surface area (Å²) in [6.45, 7) is 7.11. The van der Waals surface area contributed by atoms with E-state index in [0.29, 0.717) is 18.5 Å². The summed E-state index contributed by atoms with van der Waals surface area (Å²) in [6.07, 6.45) is 7.37. The van der Waals surface area contributed by atoms with Crippen LogP contribution in [0.15, 0.2) is 24.3 Å². The van der Waals surface area contributed by atoms with Crippen LogP contribution in [0.25, 0.3) is 0 Å². The zero-order valence-corrected chi connectivity index (χ0v) is 14.8. The van der Waals surface area contributed by atoms with Gasteiger partial charge in [0.1, 0.15) is 0 Å². The lowest BCUT2D eigenvalue weighted by Gasteiger charge is -2.46. The van der Waals surface area contributed by atoms with E-state index < -0.39 is 0 Å². The quantitative estimate of drug-likeness (QED) is 0.905. The summed E-state index contributed by atoms with van der Waals surface area (Å²) >= 11 is 0. The summed E-state index contributed by atoms with van der Waals surface area (Å²) in [5.74, 6) is 0.705. The van der Waals surface area contributed by atoms with Crippen LogP contribution in [0.3, 0.4) is 0 Å². The molecule has 0 saturated heterocycles. The number of hydrogen-bond donors (Lipinski definition) is 1. The standard InChI is InChI=1S/C20H30N2O/c1-15-13-20(2,3)22(18-12-8-7-11-17(15)18)19(23)14-21-16-9-5-4-6-10-16/h7-8,11-12,15-16,21H,4-6,9-10,13-14H2,1-3H3/t15-/m0/s1. The lowest BCUT2D eigenvalue weighted by Crippen LogP contribution is -2.54. The molecular formula is C20H30N2O. The Bertz CT molecular complexity index is 561. The summed E-state index contributed by atoms with van der Waals surface area (Å²) in [5, 5.41) is 3.51. The first-order valence-corrected chi connectivity index (χ1v) is 9.14. The molecule has 3 nitrogen and oxygen atoms in total. The second-order valence-electron chi connectivity index (χ2n) is 7.92. The van der Waals surface area contributed by atoms with Crippen LogP contribution in [0.5, 0.6) is 0 Å². The molecule has 0 spiro atoms. The monoisotopic (exact) mass is 314 g/mol. The zero-order valence-electron chi connectivity index (χ0n) is 14.8. The van der Waals surface area contributed by atoms with Gasteiger partial charge < -0.3 is 10.2 Å². The highest BCUT2D eigenvalue weighted by atomic mass is 16.2. The van der Waals surface area contributed by atoms with Crippen molar-refractivity contribution in [2.45, 2.75) is 76.8 Å². The van der Waals surface area contributed by atoms with Gasteiger partial charge in [-0.1, -0.05) is 44.4 Å². The van der Waals surface area contributed by atoms with Crippen LogP contribution < -0.4 is 10.2 Å². The Hall–Kier alpha value is -1.35. The molecule has 3 heteroatoms. The molecule has 1 fully saturated rings. The number of nitrogens with zero attached hydrogens (tertiary/aromatic N) is 1. The fourth-order valence-electron chi connectivity index (χ4n) is 4.47. The van der Waals surface area contributed by atoms with Gasteiger partial charge in [0, 0.05) is 17.3 Å². The molecular weight excluding hydrogens is 284 g/mol. The van der Waals surface area contributed by atoms with Gasteiger partial charge in [0.05, 0.1) is 6.54 Å². The molecule has 1 aromatic rings. The average molecular weight is 314 g/mol. The normalized spacial score (nSPS) is 24.3. The van der Waals surface area contributed by atoms with Gasteiger partial charge in [0.15, 0.2) is 0 Å². The third kappa shape index (κ3) is 3.45. The third-order valence-electron chi connectivity index (χ3n) is 5.52. The first-order chi connectivity index (χ1) is 11.0. The minimum atomic E-state index is -0.126. The molecule has 23 heavy (non-hydrogen) atoms. The summed E-state index contributed by atoms with van der Waals surface area (Å²) in [5.41, 5.74) is 2.28. The Morgan fingerprint density at radius 1 is 1.22 bits per heavy atom. The third-order valence-corrected chi connectivity index (χ3v) is 5.52. The number of rotatable bonds is 3. The average Bonchev–Trinajstić information content (AvgIpc) is 2.53. The first kappa shape index (κ1) is 16.5. The van der Waals surface area contributed by atoms with Crippen LogP contribution in [0.2, 0.25) is 0 Å². The minimum absolute atomic E-state index is 0.126. The second kappa shape index (κ2) is 6.64. The van der Waals surface area contributed by atoms with Crippen LogP contribution in [0.4, 0.5) is 5.69 Å². The molecule has 1 amide bonds. The fourth-order valence-corrected chi connectivity index (χ4v) is 4.47. The van der Waals surface area contributed by atoms with Crippen LogP contribution in [0, 0.1) is 0 Å². The number of para-hydroxylation sites is 1. The Labute approximate surface area is 140 Å². The molecule has 1 N–H and O–H groups in total. The van der Waals surface area contributed by atoms with Gasteiger partial charge in [-0.2, -0.15) is 0 Å². The Kier molecular flexibility index (Phi) is 4.77. The highest BCUT2D eigenvalue weighted by molar-refractivity contribution is 5.97. The number of hydrogen-bond acceptors (Lipinski definition) is 2. The minimum Gasteiger partial charge on any atom is -0.306 e. The van der Waals surface area contributed by atoms with Crippen LogP contribution in [-0.2, 0) is 4.79 Å². The maximum absolute atomic E-state index is 13.0. The van der Waals surface area contributed by atoms with E-state index in [1.54, 1.807) is 0 Å². The van der Waals surface area contributed by atoms with Crippen molar-refractivity contribution in [1.82, 2.24) is 5.32 Å². The van der Waals surface area contributed by atoms with E-state index in [-0.39, 0.29) is 11.4 Å². The van der Waals surface area contributed by atoms with Crippen LogP contribution in [0.1, 0.15) is 70.8 Å². The van der Waals surface area contributed by atoms with Gasteiger partial charge in [0.25, 0.3) is 0 Å². The Morgan fingerprint density at radius 2 is 1.91 bits per heavy atom. The van der Waals surface area contributed by atoms with Gasteiger partial charge in [-0.05, 0) is 50.7 Å². The van der Waals surface area contributed by atoms with E-state index in [9.17, 15) is 4.79 Å². The number of nitrogens with one attached hydrogen (secondary N) is 1. The van der Waals surface area contributed by atoms with Crippen molar-refractivity contribution in [2.24, 2.45) is 0 Å². The lowest BCUT2D eigenvalue weighted by atomic mass is 9.80. The predicted octanol–water partition coefficient (Wildman–Crippen LogP) is 4.23. The Morgan fingerprint density at radius 3 is 2.65 bits per heavy atom. The highest BCUT2D eigenvalue weighted by Crippen LogP contribution is 2.43. The SMILES string of the molecule is C[C@H]1CC(C)(C)N(C(=O)CNC2CCCCC2)c2ccccc21.